The first-order valence-electron chi connectivity index (χ1n) is 7.09. The van der Waals surface area contributed by atoms with Crippen molar-refractivity contribution < 1.29 is 23.7 Å². The molecule has 5 nitrogen and oxygen atoms in total. The minimum Gasteiger partial charge on any atom is -0.469 e. The van der Waals surface area contributed by atoms with Gasteiger partial charge in [-0.15, -0.1) is 0 Å². The molecule has 2 aliphatic heterocycles. The fourth-order valence-electron chi connectivity index (χ4n) is 3.63. The lowest BCUT2D eigenvalue weighted by atomic mass is 9.77. The summed E-state index contributed by atoms with van der Waals surface area (Å²) < 4.78 is 22.2. The summed E-state index contributed by atoms with van der Waals surface area (Å²) in [5.74, 6) is -0.193. The van der Waals surface area contributed by atoms with Crippen molar-refractivity contribution in [1.82, 2.24) is 0 Å². The summed E-state index contributed by atoms with van der Waals surface area (Å²) in [4.78, 5) is 11.4. The van der Waals surface area contributed by atoms with Crippen LogP contribution in [-0.2, 0) is 23.7 Å². The standard InChI is InChI=1S/C14H22O5/c1-16-10-7-14(8-11-13(10)18-11)5-3-4-9(19-14)6-12(15)17-2/h9-11,13H,3-8H2,1-2H3/t9?,10-,11-,13+,14?/m1/s1. The molecule has 1 aliphatic carbocycles. The van der Waals surface area contributed by atoms with Crippen LogP contribution < -0.4 is 0 Å². The van der Waals surface area contributed by atoms with E-state index in [1.54, 1.807) is 7.11 Å². The third-order valence-electron chi connectivity index (χ3n) is 4.63. The summed E-state index contributed by atoms with van der Waals surface area (Å²) in [5, 5.41) is 0. The van der Waals surface area contributed by atoms with Gasteiger partial charge in [-0.3, -0.25) is 4.79 Å². The van der Waals surface area contributed by atoms with Crippen LogP contribution in [-0.4, -0.2) is 50.2 Å². The molecule has 108 valence electrons. The van der Waals surface area contributed by atoms with E-state index in [0.717, 1.165) is 32.1 Å². The van der Waals surface area contributed by atoms with E-state index >= 15 is 0 Å². The summed E-state index contributed by atoms with van der Waals surface area (Å²) >= 11 is 0. The topological polar surface area (TPSA) is 57.3 Å². The lowest BCUT2D eigenvalue weighted by Crippen LogP contribution is -2.49. The number of fused-ring (bicyclic) bond motifs is 1. The third kappa shape index (κ3) is 2.64. The normalized spacial score (nSPS) is 44.7. The van der Waals surface area contributed by atoms with E-state index in [1.165, 1.54) is 7.11 Å². The highest BCUT2D eigenvalue weighted by Crippen LogP contribution is 2.49. The van der Waals surface area contributed by atoms with Crippen molar-refractivity contribution in [2.45, 2.75) is 68.5 Å². The number of rotatable bonds is 3. The molecule has 0 aromatic carbocycles. The van der Waals surface area contributed by atoms with Crippen LogP contribution in [0.25, 0.3) is 0 Å². The second kappa shape index (κ2) is 5.04. The molecule has 2 heterocycles. The quantitative estimate of drug-likeness (QED) is 0.573. The highest BCUT2D eigenvalue weighted by atomic mass is 16.6. The molecule has 0 N–H and O–H groups in total. The zero-order valence-electron chi connectivity index (χ0n) is 11.6. The zero-order chi connectivity index (χ0) is 13.5. The minimum atomic E-state index is -0.193. The molecular weight excluding hydrogens is 248 g/mol. The van der Waals surface area contributed by atoms with Crippen LogP contribution in [0.2, 0.25) is 0 Å². The van der Waals surface area contributed by atoms with Gasteiger partial charge in [0, 0.05) is 20.0 Å². The number of esters is 1. The largest absolute Gasteiger partial charge is 0.469 e. The summed E-state index contributed by atoms with van der Waals surface area (Å²) in [6.07, 6.45) is 5.90. The molecule has 0 aromatic heterocycles. The molecule has 0 radical (unpaired) electrons. The molecule has 5 heteroatoms. The second-order valence-electron chi connectivity index (χ2n) is 5.92. The van der Waals surface area contributed by atoms with E-state index in [-0.39, 0.29) is 36.0 Å². The zero-order valence-corrected chi connectivity index (χ0v) is 11.6. The monoisotopic (exact) mass is 270 g/mol. The highest BCUT2D eigenvalue weighted by Gasteiger charge is 2.57. The van der Waals surface area contributed by atoms with Gasteiger partial charge in [0.05, 0.1) is 37.4 Å². The van der Waals surface area contributed by atoms with Crippen LogP contribution in [0.4, 0.5) is 0 Å². The van der Waals surface area contributed by atoms with Gasteiger partial charge < -0.3 is 18.9 Å². The summed E-state index contributed by atoms with van der Waals surface area (Å²) in [6.45, 7) is 0. The Hall–Kier alpha value is -0.650. The molecule has 1 spiro atoms. The number of carbonyl (C=O) groups is 1. The molecule has 5 atom stereocenters. The lowest BCUT2D eigenvalue weighted by Gasteiger charge is -2.44. The molecule has 3 fully saturated rings. The molecule has 1 saturated carbocycles. The average molecular weight is 270 g/mol. The molecule has 0 amide bonds. The van der Waals surface area contributed by atoms with Gasteiger partial charge in [0.1, 0.15) is 6.10 Å². The molecular formula is C14H22O5. The first-order chi connectivity index (χ1) is 9.15. The van der Waals surface area contributed by atoms with Crippen molar-refractivity contribution in [2.24, 2.45) is 0 Å². The maximum Gasteiger partial charge on any atom is 0.308 e. The Morgan fingerprint density at radius 2 is 2.21 bits per heavy atom. The van der Waals surface area contributed by atoms with Crippen molar-refractivity contribution in [2.75, 3.05) is 14.2 Å². The molecule has 3 aliphatic rings. The van der Waals surface area contributed by atoms with E-state index in [0.29, 0.717) is 6.42 Å². The predicted molar refractivity (Wildman–Crippen MR) is 66.8 cm³/mol. The first-order valence-corrected chi connectivity index (χ1v) is 7.09. The van der Waals surface area contributed by atoms with E-state index in [9.17, 15) is 4.79 Å². The Kier molecular flexibility index (Phi) is 3.53. The molecule has 0 aromatic rings. The molecule has 3 rings (SSSR count). The Bertz CT molecular complexity index is 358. The molecule has 0 bridgehead atoms. The van der Waals surface area contributed by atoms with Gasteiger partial charge in [0.25, 0.3) is 0 Å². The summed E-state index contributed by atoms with van der Waals surface area (Å²) in [6, 6.07) is 0. The van der Waals surface area contributed by atoms with Crippen LogP contribution in [0.3, 0.4) is 0 Å². The number of carbonyl (C=O) groups excluding carboxylic acids is 1. The van der Waals surface area contributed by atoms with Crippen LogP contribution in [0.5, 0.6) is 0 Å². The van der Waals surface area contributed by atoms with Crippen molar-refractivity contribution in [3.8, 4) is 0 Å². The molecule has 19 heavy (non-hydrogen) atoms. The smallest absolute Gasteiger partial charge is 0.308 e. The Balaban J connectivity index is 1.64. The van der Waals surface area contributed by atoms with Crippen LogP contribution in [0.15, 0.2) is 0 Å². The molecule has 2 saturated heterocycles. The Labute approximate surface area is 113 Å². The van der Waals surface area contributed by atoms with Gasteiger partial charge in [0.2, 0.25) is 0 Å². The average Bonchev–Trinajstić information content (AvgIpc) is 3.16. The van der Waals surface area contributed by atoms with E-state index in [4.69, 9.17) is 18.9 Å². The van der Waals surface area contributed by atoms with Gasteiger partial charge in [-0.25, -0.2) is 0 Å². The summed E-state index contributed by atoms with van der Waals surface area (Å²) in [5.41, 5.74) is -0.157. The van der Waals surface area contributed by atoms with Gasteiger partial charge in [-0.1, -0.05) is 0 Å². The fourth-order valence-corrected chi connectivity index (χ4v) is 3.63. The van der Waals surface area contributed by atoms with Crippen LogP contribution in [0.1, 0.15) is 38.5 Å². The number of methoxy groups -OCH3 is 2. The lowest BCUT2D eigenvalue weighted by molar-refractivity contribution is -0.171. The summed E-state index contributed by atoms with van der Waals surface area (Å²) in [7, 11) is 3.16. The first kappa shape index (κ1) is 13.3. The maximum atomic E-state index is 11.4. The predicted octanol–water partition coefficient (Wildman–Crippen LogP) is 1.43. The Morgan fingerprint density at radius 3 is 2.95 bits per heavy atom. The van der Waals surface area contributed by atoms with Gasteiger partial charge in [-0.2, -0.15) is 0 Å². The van der Waals surface area contributed by atoms with E-state index < -0.39 is 0 Å². The van der Waals surface area contributed by atoms with Gasteiger partial charge in [0.15, 0.2) is 0 Å². The fraction of sp³-hybridized carbons (Fsp3) is 0.929. The van der Waals surface area contributed by atoms with Gasteiger partial charge >= 0.3 is 5.97 Å². The van der Waals surface area contributed by atoms with Crippen LogP contribution >= 0.6 is 0 Å². The van der Waals surface area contributed by atoms with Crippen LogP contribution in [0, 0.1) is 0 Å². The van der Waals surface area contributed by atoms with Crippen molar-refractivity contribution in [3.05, 3.63) is 0 Å². The number of ether oxygens (including phenoxy) is 4. The molecule has 2 unspecified atom stereocenters. The van der Waals surface area contributed by atoms with Gasteiger partial charge in [-0.05, 0) is 19.3 Å². The Morgan fingerprint density at radius 1 is 1.37 bits per heavy atom. The van der Waals surface area contributed by atoms with Crippen molar-refractivity contribution >= 4 is 5.97 Å². The van der Waals surface area contributed by atoms with E-state index in [1.807, 2.05) is 0 Å². The minimum absolute atomic E-state index is 0.0194. The number of hydrogen-bond acceptors (Lipinski definition) is 5. The van der Waals surface area contributed by atoms with Crippen molar-refractivity contribution in [3.63, 3.8) is 0 Å². The number of hydrogen-bond donors (Lipinski definition) is 0. The van der Waals surface area contributed by atoms with E-state index in [2.05, 4.69) is 0 Å². The number of epoxide rings is 1. The second-order valence-corrected chi connectivity index (χ2v) is 5.92. The van der Waals surface area contributed by atoms with Crippen molar-refractivity contribution in [1.29, 1.82) is 0 Å². The third-order valence-corrected chi connectivity index (χ3v) is 4.63. The highest BCUT2D eigenvalue weighted by molar-refractivity contribution is 5.69. The SMILES string of the molecule is COC(=O)CC1CCCC2(C[C@@H](OC)[C@@H]3O[C@@H]3C2)O1. The maximum absolute atomic E-state index is 11.4.